The minimum Gasteiger partial charge on any atom is -0.496 e. The maximum Gasteiger partial charge on any atom is 0.339 e. The third kappa shape index (κ3) is 5.09. The molecule has 0 fully saturated rings. The number of fused-ring (bicyclic) bond motifs is 1. The highest BCUT2D eigenvalue weighted by Crippen LogP contribution is 2.36. The number of aromatic carboxylic acids is 1. The molecular weight excluding hydrogens is 452 g/mol. The molecule has 1 heterocycles. The topological polar surface area (TPSA) is 122 Å². The van der Waals surface area contributed by atoms with Crippen LogP contribution >= 0.6 is 11.6 Å². The van der Waals surface area contributed by atoms with Crippen molar-refractivity contribution in [1.82, 2.24) is 0 Å². The van der Waals surface area contributed by atoms with E-state index in [4.69, 9.17) is 21.1 Å². The van der Waals surface area contributed by atoms with Gasteiger partial charge in [0.15, 0.2) is 11.9 Å². The molecule has 0 aliphatic carbocycles. The average Bonchev–Trinajstić information content (AvgIpc) is 2.77. The van der Waals surface area contributed by atoms with Crippen molar-refractivity contribution < 1.29 is 33.8 Å². The third-order valence-corrected chi connectivity index (χ3v) is 5.37. The minimum absolute atomic E-state index is 0.00364. The van der Waals surface area contributed by atoms with E-state index >= 15 is 0 Å². The van der Waals surface area contributed by atoms with Gasteiger partial charge in [-0.2, -0.15) is 0 Å². The van der Waals surface area contributed by atoms with Crippen LogP contribution in [-0.4, -0.2) is 48.4 Å². The predicted molar refractivity (Wildman–Crippen MR) is 122 cm³/mol. The van der Waals surface area contributed by atoms with Crippen molar-refractivity contribution in [3.8, 4) is 11.5 Å². The zero-order valence-corrected chi connectivity index (χ0v) is 19.1. The lowest BCUT2D eigenvalue weighted by Gasteiger charge is -2.33. The second kappa shape index (κ2) is 9.91. The number of benzene rings is 2. The van der Waals surface area contributed by atoms with Crippen LogP contribution in [0.2, 0.25) is 5.02 Å². The summed E-state index contributed by atoms with van der Waals surface area (Å²) in [7, 11) is 1.30. The zero-order chi connectivity index (χ0) is 24.3. The Bertz CT molecular complexity index is 1130. The molecule has 1 aliphatic rings. The summed E-state index contributed by atoms with van der Waals surface area (Å²) in [6.07, 6.45) is 0.220. The Hall–Kier alpha value is -3.59. The van der Waals surface area contributed by atoms with Gasteiger partial charge in [-0.3, -0.25) is 19.3 Å². The molecule has 1 aliphatic heterocycles. The van der Waals surface area contributed by atoms with Gasteiger partial charge in [-0.15, -0.1) is 0 Å². The zero-order valence-electron chi connectivity index (χ0n) is 18.3. The van der Waals surface area contributed by atoms with Crippen LogP contribution in [0.15, 0.2) is 30.3 Å². The highest BCUT2D eigenvalue weighted by molar-refractivity contribution is 6.34. The number of anilines is 2. The second-order valence-electron chi connectivity index (χ2n) is 7.43. The van der Waals surface area contributed by atoms with Gasteiger partial charge in [0.25, 0.3) is 5.91 Å². The Kier molecular flexibility index (Phi) is 7.23. The summed E-state index contributed by atoms with van der Waals surface area (Å²) in [6, 6.07) is 7.25. The molecule has 1 unspecified atom stereocenters. The number of carbonyl (C=O) groups excluding carboxylic acids is 3. The Morgan fingerprint density at radius 2 is 1.97 bits per heavy atom. The van der Waals surface area contributed by atoms with E-state index in [0.29, 0.717) is 29.8 Å². The maximum atomic E-state index is 12.8. The highest BCUT2D eigenvalue weighted by Gasteiger charge is 2.33. The molecule has 2 aromatic rings. The van der Waals surface area contributed by atoms with Crippen LogP contribution in [0, 0.1) is 0 Å². The van der Waals surface area contributed by atoms with Crippen molar-refractivity contribution in [3.05, 3.63) is 46.5 Å². The van der Waals surface area contributed by atoms with Crippen LogP contribution in [0.3, 0.4) is 0 Å². The number of ketones is 1. The van der Waals surface area contributed by atoms with Crippen molar-refractivity contribution in [2.24, 2.45) is 0 Å². The standard InChI is InChI=1S/C23H23ClN2O7/c1-4-5-18(27)13-6-7-19-17(8-13)26(22(29)12(2)33-19)11-21(28)25-16-10-20(32-3)14(23(30)31)9-15(16)24/h6-10,12H,4-5,11H2,1-3H3,(H,25,28)(H,30,31). The van der Waals surface area contributed by atoms with Crippen molar-refractivity contribution in [1.29, 1.82) is 0 Å². The molecule has 33 heavy (non-hydrogen) atoms. The molecule has 174 valence electrons. The van der Waals surface area contributed by atoms with E-state index in [9.17, 15) is 24.3 Å². The Morgan fingerprint density at radius 3 is 2.61 bits per heavy atom. The van der Waals surface area contributed by atoms with Crippen molar-refractivity contribution in [2.45, 2.75) is 32.8 Å². The molecule has 0 spiro atoms. The van der Waals surface area contributed by atoms with Gasteiger partial charge in [-0.1, -0.05) is 18.5 Å². The molecule has 0 saturated heterocycles. The first kappa shape index (κ1) is 24.1. The summed E-state index contributed by atoms with van der Waals surface area (Å²) in [4.78, 5) is 50.5. The summed E-state index contributed by atoms with van der Waals surface area (Å²) < 4.78 is 10.7. The number of carbonyl (C=O) groups is 4. The Morgan fingerprint density at radius 1 is 1.24 bits per heavy atom. The molecule has 0 aromatic heterocycles. The van der Waals surface area contributed by atoms with Gasteiger partial charge in [0, 0.05) is 18.1 Å². The van der Waals surface area contributed by atoms with Gasteiger partial charge in [0.1, 0.15) is 23.6 Å². The Labute approximate surface area is 195 Å². The number of carboxylic acid groups (broad SMARTS) is 1. The summed E-state index contributed by atoms with van der Waals surface area (Å²) in [5.41, 5.74) is 0.712. The number of amides is 2. The lowest BCUT2D eigenvalue weighted by atomic mass is 10.0. The molecule has 10 heteroatoms. The van der Waals surface area contributed by atoms with Gasteiger partial charge in [-0.25, -0.2) is 4.79 Å². The first-order valence-electron chi connectivity index (χ1n) is 10.2. The SMILES string of the molecule is CCCC(=O)c1ccc2c(c1)N(CC(=O)Nc1cc(OC)c(C(=O)O)cc1Cl)C(=O)C(C)O2. The summed E-state index contributed by atoms with van der Waals surface area (Å²) in [6.45, 7) is 3.09. The number of nitrogens with zero attached hydrogens (tertiary/aromatic N) is 1. The smallest absolute Gasteiger partial charge is 0.339 e. The fourth-order valence-electron chi connectivity index (χ4n) is 3.43. The number of nitrogens with one attached hydrogen (secondary N) is 1. The van der Waals surface area contributed by atoms with Crippen LogP contribution < -0.4 is 19.7 Å². The van der Waals surface area contributed by atoms with E-state index in [-0.39, 0.29) is 34.4 Å². The van der Waals surface area contributed by atoms with E-state index in [1.165, 1.54) is 24.1 Å². The molecule has 0 saturated carbocycles. The fourth-order valence-corrected chi connectivity index (χ4v) is 3.64. The van der Waals surface area contributed by atoms with Crippen LogP contribution in [-0.2, 0) is 9.59 Å². The van der Waals surface area contributed by atoms with Crippen LogP contribution in [0.5, 0.6) is 11.5 Å². The van der Waals surface area contributed by atoms with Gasteiger partial charge in [0.2, 0.25) is 5.91 Å². The monoisotopic (exact) mass is 474 g/mol. The molecule has 0 bridgehead atoms. The molecule has 0 radical (unpaired) electrons. The molecule has 3 rings (SSSR count). The van der Waals surface area contributed by atoms with Crippen LogP contribution in [0.4, 0.5) is 11.4 Å². The predicted octanol–water partition coefficient (Wildman–Crippen LogP) is 3.78. The first-order valence-corrected chi connectivity index (χ1v) is 10.6. The van der Waals surface area contributed by atoms with Gasteiger partial charge in [-0.05, 0) is 37.6 Å². The van der Waals surface area contributed by atoms with Crippen molar-refractivity contribution in [2.75, 3.05) is 23.9 Å². The number of Topliss-reactive ketones (excluding diaryl/α,β-unsaturated/α-hetero) is 1. The summed E-state index contributed by atoms with van der Waals surface area (Å²) >= 11 is 6.14. The second-order valence-corrected chi connectivity index (χ2v) is 7.83. The molecule has 2 amide bonds. The van der Waals surface area contributed by atoms with E-state index < -0.39 is 23.9 Å². The number of halogens is 1. The lowest BCUT2D eigenvalue weighted by molar-refractivity contribution is -0.127. The van der Waals surface area contributed by atoms with Crippen molar-refractivity contribution >= 4 is 46.5 Å². The molecule has 2 aromatic carbocycles. The fraction of sp³-hybridized carbons (Fsp3) is 0.304. The number of hydrogen-bond acceptors (Lipinski definition) is 6. The number of ether oxygens (including phenoxy) is 2. The van der Waals surface area contributed by atoms with E-state index in [1.807, 2.05) is 6.92 Å². The average molecular weight is 475 g/mol. The number of hydrogen-bond donors (Lipinski definition) is 2. The van der Waals surface area contributed by atoms with E-state index in [0.717, 1.165) is 0 Å². The molecule has 2 N–H and O–H groups in total. The van der Waals surface area contributed by atoms with Crippen LogP contribution in [0.1, 0.15) is 47.4 Å². The van der Waals surface area contributed by atoms with E-state index in [2.05, 4.69) is 5.32 Å². The van der Waals surface area contributed by atoms with Gasteiger partial charge < -0.3 is 19.9 Å². The minimum atomic E-state index is -1.23. The number of rotatable bonds is 8. The normalized spacial score (nSPS) is 14.8. The largest absolute Gasteiger partial charge is 0.496 e. The molecule has 9 nitrogen and oxygen atoms in total. The molecular formula is C23H23ClN2O7. The van der Waals surface area contributed by atoms with Gasteiger partial charge in [0.05, 0.1) is 23.5 Å². The summed E-state index contributed by atoms with van der Waals surface area (Å²) in [5, 5.41) is 11.8. The van der Waals surface area contributed by atoms with Crippen LogP contribution in [0.25, 0.3) is 0 Å². The lowest BCUT2D eigenvalue weighted by Crippen LogP contribution is -2.47. The highest BCUT2D eigenvalue weighted by atomic mass is 35.5. The quantitative estimate of drug-likeness (QED) is 0.558. The van der Waals surface area contributed by atoms with E-state index in [1.54, 1.807) is 25.1 Å². The number of methoxy groups -OCH3 is 1. The molecule has 1 atom stereocenters. The first-order chi connectivity index (χ1) is 15.7. The third-order valence-electron chi connectivity index (χ3n) is 5.06. The van der Waals surface area contributed by atoms with Crippen molar-refractivity contribution in [3.63, 3.8) is 0 Å². The van der Waals surface area contributed by atoms with Gasteiger partial charge >= 0.3 is 5.97 Å². The summed E-state index contributed by atoms with van der Waals surface area (Å²) in [5.74, 6) is -1.93. The number of carboxylic acids is 1. The Balaban J connectivity index is 1.88. The maximum absolute atomic E-state index is 12.8.